The minimum atomic E-state index is -1.88. The lowest BCUT2D eigenvalue weighted by Gasteiger charge is -2.37. The lowest BCUT2D eigenvalue weighted by atomic mass is 10.0. The number of rotatable bonds is 15. The van der Waals surface area contributed by atoms with Crippen LogP contribution in [-0.4, -0.2) is 82.6 Å². The van der Waals surface area contributed by atoms with Gasteiger partial charge in [0.2, 0.25) is 0 Å². The van der Waals surface area contributed by atoms with Crippen molar-refractivity contribution in [1.82, 2.24) is 24.8 Å². The van der Waals surface area contributed by atoms with Crippen LogP contribution in [0.2, 0.25) is 0 Å². The number of carboxylic acids is 2. The maximum Gasteiger partial charge on any atom is 0.335 e. The van der Waals surface area contributed by atoms with Crippen molar-refractivity contribution >= 4 is 29.8 Å². The second-order valence-corrected chi connectivity index (χ2v) is 10.4. The number of barbiturate groups is 1. The third kappa shape index (κ3) is 7.96. The van der Waals surface area contributed by atoms with Gasteiger partial charge in [-0.3, -0.25) is 23.7 Å². The number of carbonyl (C=O) groups excluding carboxylic acids is 3. The third-order valence-corrected chi connectivity index (χ3v) is 7.22. The van der Waals surface area contributed by atoms with Crippen molar-refractivity contribution < 1.29 is 43.7 Å². The number of alkyl halides is 1. The average molecular weight is 622 g/mol. The normalized spacial score (nSPS) is 15.4. The molecule has 1 unspecified atom stereocenters. The Morgan fingerprint density at radius 1 is 0.844 bits per heavy atom. The number of hydrogen-bond acceptors (Lipinski definition) is 8. The summed E-state index contributed by atoms with van der Waals surface area (Å²) in [6.45, 7) is -0.742. The number of hydrogen-bond donors (Lipinski definition) is 3. The minimum Gasteiger partial charge on any atom is -0.511 e. The average Bonchev–Trinajstić information content (AvgIpc) is 3.49. The van der Waals surface area contributed by atoms with Crippen LogP contribution in [0.25, 0.3) is 5.69 Å². The number of benzene rings is 2. The van der Waals surface area contributed by atoms with Crippen LogP contribution in [-0.2, 0) is 38.6 Å². The molecule has 0 radical (unpaired) electrons. The summed E-state index contributed by atoms with van der Waals surface area (Å²) in [5.41, 5.74) is 2.05. The molecule has 4 rings (SSSR count). The van der Waals surface area contributed by atoms with Gasteiger partial charge in [0.15, 0.2) is 0 Å². The number of aliphatic carboxylic acids is 2. The Balaban J connectivity index is 1.52. The zero-order valence-electron chi connectivity index (χ0n) is 24.2. The van der Waals surface area contributed by atoms with Crippen molar-refractivity contribution in [2.45, 2.75) is 57.5 Å². The van der Waals surface area contributed by atoms with Crippen molar-refractivity contribution in [2.75, 3.05) is 6.67 Å². The van der Waals surface area contributed by atoms with E-state index in [1.165, 1.54) is 0 Å². The fraction of sp³-hybridized carbons (Fsp3) is 0.323. The molecule has 1 saturated heterocycles. The number of aliphatic hydroxyl groups is 1. The highest BCUT2D eigenvalue weighted by Crippen LogP contribution is 2.27. The number of nitrogens with zero attached hydrogens (tertiary/aromatic N) is 5. The predicted molar refractivity (Wildman–Crippen MR) is 156 cm³/mol. The number of aliphatic hydroxyl groups excluding tert-OH is 1. The molecule has 13 nitrogen and oxygen atoms in total. The van der Waals surface area contributed by atoms with Crippen LogP contribution in [0.4, 0.5) is 9.18 Å². The Morgan fingerprint density at radius 2 is 1.56 bits per heavy atom. The summed E-state index contributed by atoms with van der Waals surface area (Å²) in [4.78, 5) is 64.5. The van der Waals surface area contributed by atoms with Gasteiger partial charge in [0.25, 0.3) is 11.8 Å². The summed E-state index contributed by atoms with van der Waals surface area (Å²) in [6.07, 6.45) is 1.92. The van der Waals surface area contributed by atoms with Crippen molar-refractivity contribution in [3.05, 3.63) is 88.9 Å². The summed E-state index contributed by atoms with van der Waals surface area (Å²) in [6, 6.07) is 12.5. The first kappa shape index (κ1) is 32.5. The van der Waals surface area contributed by atoms with Crippen LogP contribution in [0.15, 0.2) is 72.1 Å². The maximum atomic E-state index is 13.4. The van der Waals surface area contributed by atoms with E-state index in [0.717, 1.165) is 11.3 Å². The molecule has 2 aromatic carbocycles. The number of allylic oxidation sites excluding steroid dienone is 1. The Kier molecular flexibility index (Phi) is 10.7. The number of aromatic nitrogens is 3. The SMILES string of the molecule is O=C(O)CCC(C(=O)O)N1C(=O)/C(=C(\O)CCCc2ccc(-n3cc(CCCF)nn3)cc2)C(=O)N(Cc2ccccc2)C1=O. The molecule has 1 aliphatic rings. The van der Waals surface area contributed by atoms with E-state index >= 15 is 0 Å². The first-order valence-corrected chi connectivity index (χ1v) is 14.3. The minimum absolute atomic E-state index is 0.135. The Bertz CT molecular complexity index is 1590. The number of imide groups is 2. The topological polar surface area (TPSA) is 183 Å². The van der Waals surface area contributed by atoms with Gasteiger partial charge in [-0.1, -0.05) is 47.7 Å². The number of aryl methyl sites for hydroxylation is 2. The summed E-state index contributed by atoms with van der Waals surface area (Å²) in [5.74, 6) is -5.94. The van der Waals surface area contributed by atoms with Gasteiger partial charge in [0.1, 0.15) is 17.4 Å². The summed E-state index contributed by atoms with van der Waals surface area (Å²) < 4.78 is 14.0. The Labute approximate surface area is 257 Å². The summed E-state index contributed by atoms with van der Waals surface area (Å²) in [7, 11) is 0. The van der Waals surface area contributed by atoms with E-state index in [2.05, 4.69) is 10.3 Å². The molecule has 236 valence electrons. The summed E-state index contributed by atoms with van der Waals surface area (Å²) in [5, 5.41) is 37.9. The molecule has 3 N–H and O–H groups in total. The fourth-order valence-electron chi connectivity index (χ4n) is 4.89. The third-order valence-electron chi connectivity index (χ3n) is 7.22. The lowest BCUT2D eigenvalue weighted by molar-refractivity contribution is -0.151. The van der Waals surface area contributed by atoms with Gasteiger partial charge in [-0.2, -0.15) is 0 Å². The van der Waals surface area contributed by atoms with Crippen LogP contribution in [0.1, 0.15) is 48.9 Å². The Morgan fingerprint density at radius 3 is 2.20 bits per heavy atom. The molecule has 2 heterocycles. The molecule has 1 atom stereocenters. The lowest BCUT2D eigenvalue weighted by Crippen LogP contribution is -2.61. The monoisotopic (exact) mass is 621 g/mol. The van der Waals surface area contributed by atoms with E-state index in [0.29, 0.717) is 46.7 Å². The van der Waals surface area contributed by atoms with Crippen molar-refractivity contribution in [1.29, 1.82) is 0 Å². The van der Waals surface area contributed by atoms with Gasteiger partial charge in [-0.05, 0) is 55.4 Å². The van der Waals surface area contributed by atoms with Crippen LogP contribution in [0.5, 0.6) is 0 Å². The van der Waals surface area contributed by atoms with Crippen LogP contribution in [0.3, 0.4) is 0 Å². The molecular weight excluding hydrogens is 589 g/mol. The highest BCUT2D eigenvalue weighted by molar-refractivity contribution is 6.29. The molecule has 0 aliphatic carbocycles. The van der Waals surface area contributed by atoms with E-state index in [1.807, 2.05) is 24.3 Å². The summed E-state index contributed by atoms with van der Waals surface area (Å²) >= 11 is 0. The van der Waals surface area contributed by atoms with E-state index in [9.17, 15) is 38.6 Å². The largest absolute Gasteiger partial charge is 0.511 e. The first-order chi connectivity index (χ1) is 21.6. The standard InChI is InChI=1S/C31H32FN5O8/c32-17-5-9-22-19-36(34-33-22)23-13-11-20(12-14-23)8-4-10-25(38)27-28(41)35(18-21-6-2-1-3-7-21)31(45)37(29(27)42)24(30(43)44)15-16-26(39)40/h1-3,6-7,11-14,19,24,38H,4-5,8-10,15-18H2,(H,39,40)(H,43,44)/b27-25-. The molecule has 14 heteroatoms. The van der Waals surface area contributed by atoms with Crippen molar-refractivity contribution in [3.8, 4) is 5.69 Å². The van der Waals surface area contributed by atoms with Crippen LogP contribution >= 0.6 is 0 Å². The van der Waals surface area contributed by atoms with Crippen LogP contribution in [0, 0.1) is 0 Å². The van der Waals surface area contributed by atoms with Crippen molar-refractivity contribution in [2.24, 2.45) is 0 Å². The molecule has 1 fully saturated rings. The second kappa shape index (κ2) is 14.9. The molecule has 1 aromatic heterocycles. The molecule has 4 amide bonds. The van der Waals surface area contributed by atoms with Gasteiger partial charge in [-0.15, -0.1) is 5.10 Å². The molecule has 0 bridgehead atoms. The van der Waals surface area contributed by atoms with Gasteiger partial charge in [-0.25, -0.2) is 19.2 Å². The van der Waals surface area contributed by atoms with Gasteiger partial charge < -0.3 is 15.3 Å². The number of halogens is 1. The van der Waals surface area contributed by atoms with E-state index in [4.69, 9.17) is 5.11 Å². The molecule has 45 heavy (non-hydrogen) atoms. The van der Waals surface area contributed by atoms with Gasteiger partial charge in [0.05, 0.1) is 30.8 Å². The Hall–Kier alpha value is -5.40. The molecule has 1 aliphatic heterocycles. The van der Waals surface area contributed by atoms with Crippen LogP contribution < -0.4 is 0 Å². The smallest absolute Gasteiger partial charge is 0.335 e. The van der Waals surface area contributed by atoms with Gasteiger partial charge in [0, 0.05) is 12.8 Å². The number of carboxylic acid groups (broad SMARTS) is 2. The quantitative estimate of drug-likeness (QED) is 0.129. The molecule has 0 saturated carbocycles. The highest BCUT2D eigenvalue weighted by Gasteiger charge is 2.48. The number of urea groups is 1. The maximum absolute atomic E-state index is 13.4. The molecular formula is C31H32FN5O8. The first-order valence-electron chi connectivity index (χ1n) is 14.3. The molecule has 3 aromatic rings. The van der Waals surface area contributed by atoms with E-state index in [1.54, 1.807) is 41.2 Å². The van der Waals surface area contributed by atoms with Crippen molar-refractivity contribution in [3.63, 3.8) is 0 Å². The number of amides is 4. The zero-order chi connectivity index (χ0) is 32.5. The number of carbonyl (C=O) groups is 5. The highest BCUT2D eigenvalue weighted by atomic mass is 19.1. The second-order valence-electron chi connectivity index (χ2n) is 10.4. The molecule has 0 spiro atoms. The van der Waals surface area contributed by atoms with E-state index < -0.39 is 66.7 Å². The fourth-order valence-corrected chi connectivity index (χ4v) is 4.89. The predicted octanol–water partition coefficient (Wildman–Crippen LogP) is 3.61. The van der Waals surface area contributed by atoms with Gasteiger partial charge >= 0.3 is 18.0 Å². The van der Waals surface area contributed by atoms with E-state index in [-0.39, 0.29) is 13.0 Å². The zero-order valence-corrected chi connectivity index (χ0v) is 24.2.